The highest BCUT2D eigenvalue weighted by Crippen LogP contribution is 2.27. The second-order valence-corrected chi connectivity index (χ2v) is 9.77. The number of aromatic nitrogens is 4. The van der Waals surface area contributed by atoms with Crippen molar-refractivity contribution in [3.63, 3.8) is 0 Å². The molecule has 2 aromatic heterocycles. The molecule has 0 aliphatic carbocycles. The summed E-state index contributed by atoms with van der Waals surface area (Å²) in [6, 6.07) is 16.4. The van der Waals surface area contributed by atoms with Crippen LogP contribution in [0.5, 0.6) is 0 Å². The number of rotatable bonds is 9. The molecule has 0 saturated carbocycles. The highest BCUT2D eigenvalue weighted by molar-refractivity contribution is 5.90. The van der Waals surface area contributed by atoms with E-state index >= 15 is 0 Å². The number of nitrogens with zero attached hydrogens (tertiary/aromatic N) is 3. The molecule has 1 fully saturated rings. The van der Waals surface area contributed by atoms with Crippen LogP contribution in [0.15, 0.2) is 65.7 Å². The van der Waals surface area contributed by atoms with Gasteiger partial charge in [-0.1, -0.05) is 42.5 Å². The van der Waals surface area contributed by atoms with Crippen LogP contribution in [-0.2, 0) is 22.5 Å². The molecule has 3 heterocycles. The summed E-state index contributed by atoms with van der Waals surface area (Å²) in [5.41, 5.74) is 12.1. The molecular weight excluding hydrogens is 542 g/mol. The summed E-state index contributed by atoms with van der Waals surface area (Å²) in [4.78, 5) is 33.0. The number of aromatic amines is 1. The second-order valence-electron chi connectivity index (χ2n) is 9.77. The average Bonchev–Trinajstić information content (AvgIpc) is 3.52. The molecule has 2 aromatic carbocycles. The van der Waals surface area contributed by atoms with Crippen molar-refractivity contribution in [2.24, 2.45) is 0 Å². The predicted molar refractivity (Wildman–Crippen MR) is 156 cm³/mol. The van der Waals surface area contributed by atoms with Crippen LogP contribution in [0.3, 0.4) is 0 Å². The summed E-state index contributed by atoms with van der Waals surface area (Å²) in [6.45, 7) is 3.52. The number of nitrogens with one attached hydrogen (secondary N) is 3. The smallest absolute Gasteiger partial charge is 0.354 e. The number of fused-ring (bicyclic) bond motifs is 1. The van der Waals surface area contributed by atoms with E-state index in [4.69, 9.17) is 20.8 Å². The topological polar surface area (TPSA) is 201 Å². The maximum atomic E-state index is 11.4. The van der Waals surface area contributed by atoms with Crippen LogP contribution < -0.4 is 22.2 Å². The van der Waals surface area contributed by atoms with E-state index in [0.717, 1.165) is 29.6 Å². The Balaban J connectivity index is 0.000000216. The number of H-pyrrole nitrogens is 1. The van der Waals surface area contributed by atoms with E-state index in [0.29, 0.717) is 0 Å². The number of hydrogen-bond acceptors (Lipinski definition) is 10. The molecule has 13 heteroatoms. The van der Waals surface area contributed by atoms with Crippen LogP contribution in [0.1, 0.15) is 35.0 Å². The summed E-state index contributed by atoms with van der Waals surface area (Å²) in [6.07, 6.45) is 3.18. The van der Waals surface area contributed by atoms with Gasteiger partial charge in [0.15, 0.2) is 0 Å². The number of benzene rings is 2. The molecule has 5 rings (SSSR count). The summed E-state index contributed by atoms with van der Waals surface area (Å²) >= 11 is 0. The summed E-state index contributed by atoms with van der Waals surface area (Å²) in [5.74, 6) is -0.651. The molecule has 4 aromatic rings. The Morgan fingerprint density at radius 3 is 2.69 bits per heavy atom. The number of amides is 1. The zero-order valence-corrected chi connectivity index (χ0v) is 23.1. The number of aliphatic hydroxyl groups excluding tert-OH is 2. The van der Waals surface area contributed by atoms with E-state index in [2.05, 4.69) is 51.5 Å². The molecule has 1 amide bonds. The van der Waals surface area contributed by atoms with E-state index in [-0.39, 0.29) is 19.0 Å². The van der Waals surface area contributed by atoms with Crippen molar-refractivity contribution in [3.8, 4) is 0 Å². The zero-order valence-electron chi connectivity index (χ0n) is 23.1. The van der Waals surface area contributed by atoms with Crippen LogP contribution >= 0.6 is 0 Å². The van der Waals surface area contributed by atoms with Crippen molar-refractivity contribution in [2.75, 3.05) is 18.9 Å². The van der Waals surface area contributed by atoms with Gasteiger partial charge in [0.2, 0.25) is 5.95 Å². The highest BCUT2D eigenvalue weighted by atomic mass is 16.5. The maximum Gasteiger partial charge on any atom is 0.354 e. The van der Waals surface area contributed by atoms with Gasteiger partial charge in [-0.15, -0.1) is 0 Å². The number of aryl methyl sites for hydroxylation is 1. The summed E-state index contributed by atoms with van der Waals surface area (Å²) < 4.78 is 6.41. The van der Waals surface area contributed by atoms with Gasteiger partial charge in [0.1, 0.15) is 18.7 Å². The molecule has 0 bridgehead atoms. The van der Waals surface area contributed by atoms with E-state index < -0.39 is 30.0 Å². The van der Waals surface area contributed by atoms with Crippen LogP contribution in [0.4, 0.5) is 5.95 Å². The predicted octanol–water partition coefficient (Wildman–Crippen LogP) is 1.19. The number of ether oxygens (including phenoxy) is 1. The normalized spacial score (nSPS) is 18.2. The van der Waals surface area contributed by atoms with Gasteiger partial charge in [-0.3, -0.25) is 14.6 Å². The van der Waals surface area contributed by atoms with Crippen molar-refractivity contribution in [1.82, 2.24) is 30.3 Å². The van der Waals surface area contributed by atoms with Crippen LogP contribution in [0.2, 0.25) is 0 Å². The van der Waals surface area contributed by atoms with Crippen molar-refractivity contribution < 1.29 is 25.0 Å². The highest BCUT2D eigenvalue weighted by Gasteiger charge is 2.35. The van der Waals surface area contributed by atoms with Crippen molar-refractivity contribution >= 4 is 28.8 Å². The lowest BCUT2D eigenvalue weighted by Crippen LogP contribution is -2.28. The Labute approximate surface area is 241 Å². The number of hydroxylamine groups is 1. The number of para-hydroxylation sites is 1. The lowest BCUT2D eigenvalue weighted by Gasteiger charge is -2.13. The van der Waals surface area contributed by atoms with Crippen molar-refractivity contribution in [2.45, 2.75) is 44.7 Å². The lowest BCUT2D eigenvalue weighted by atomic mass is 10.1. The molecule has 1 aliphatic rings. The number of aliphatic hydroxyl groups is 2. The number of carbonyl (C=O) groups excluding carboxylic acids is 1. The molecular formula is C29H35N7O6. The van der Waals surface area contributed by atoms with E-state index in [1.54, 1.807) is 11.6 Å². The van der Waals surface area contributed by atoms with Gasteiger partial charge in [0.25, 0.3) is 5.91 Å². The molecule has 13 nitrogen and oxygen atoms in total. The number of hydrogen-bond donors (Lipinski definition) is 7. The number of anilines is 1. The zero-order chi connectivity index (χ0) is 30.1. The first-order chi connectivity index (χ1) is 20.3. The van der Waals surface area contributed by atoms with E-state index in [1.165, 1.54) is 40.1 Å². The van der Waals surface area contributed by atoms with E-state index in [9.17, 15) is 14.7 Å². The minimum atomic E-state index is -0.806. The minimum Gasteiger partial charge on any atom is -0.394 e. The Kier molecular flexibility index (Phi) is 10.5. The average molecular weight is 578 g/mol. The van der Waals surface area contributed by atoms with Gasteiger partial charge in [0, 0.05) is 35.6 Å². The first-order valence-electron chi connectivity index (χ1n) is 13.4. The van der Waals surface area contributed by atoms with Crippen LogP contribution in [0, 0.1) is 6.92 Å². The molecule has 0 radical (unpaired) electrons. The first kappa shape index (κ1) is 30.6. The third kappa shape index (κ3) is 7.87. The molecule has 0 spiro atoms. The van der Waals surface area contributed by atoms with Gasteiger partial charge in [-0.05, 0) is 48.7 Å². The van der Waals surface area contributed by atoms with Crippen LogP contribution in [0.25, 0.3) is 17.0 Å². The Bertz CT molecular complexity index is 1570. The molecule has 42 heavy (non-hydrogen) atoms. The largest absolute Gasteiger partial charge is 0.394 e. The molecule has 8 N–H and O–H groups in total. The number of carbonyl (C=O) groups is 1. The monoisotopic (exact) mass is 577 g/mol. The minimum absolute atomic E-state index is 0.112. The van der Waals surface area contributed by atoms with Gasteiger partial charge >= 0.3 is 5.69 Å². The second kappa shape index (κ2) is 14.5. The standard InChI is InChI=1S/C21H23N3O2.C8H12N4O4/c1-15-18(19-4-2-3-5-20(19)23-15)12-13-22-14-17-8-6-16(7-9-17)10-11-21(25)24-26;9-7-10-3-12(8(15)11-7)6-1-4(14)5(2-13)16-6/h2-11,22-23,26H,12-14H2,1H3,(H,24,25);3-6,13-14H,1-2H2,(H2,9,11,15)/b11-10+;/t;4-,5+,6+/m.0/s1. The van der Waals surface area contributed by atoms with Gasteiger partial charge < -0.3 is 31.0 Å². The number of nitrogens with two attached hydrogens (primary N) is 1. The summed E-state index contributed by atoms with van der Waals surface area (Å²) in [5, 5.41) is 31.6. The summed E-state index contributed by atoms with van der Waals surface area (Å²) in [7, 11) is 0. The molecule has 0 unspecified atom stereocenters. The first-order valence-corrected chi connectivity index (χ1v) is 13.4. The molecule has 1 saturated heterocycles. The fourth-order valence-electron chi connectivity index (χ4n) is 4.66. The maximum absolute atomic E-state index is 11.4. The van der Waals surface area contributed by atoms with Gasteiger partial charge in [-0.25, -0.2) is 15.3 Å². The van der Waals surface area contributed by atoms with Gasteiger partial charge in [-0.2, -0.15) is 4.98 Å². The third-order valence-electron chi connectivity index (χ3n) is 6.86. The Morgan fingerprint density at radius 2 is 2.00 bits per heavy atom. The van der Waals surface area contributed by atoms with E-state index in [1.807, 2.05) is 24.3 Å². The third-order valence-corrected chi connectivity index (χ3v) is 6.86. The Hall–Kier alpha value is -4.40. The Morgan fingerprint density at radius 1 is 1.24 bits per heavy atom. The number of nitrogen functional groups attached to an aromatic ring is 1. The molecule has 3 atom stereocenters. The van der Waals surface area contributed by atoms with Crippen LogP contribution in [-0.4, -0.2) is 66.2 Å². The quantitative estimate of drug-likeness (QED) is 0.0656. The molecule has 222 valence electrons. The lowest BCUT2D eigenvalue weighted by molar-refractivity contribution is -0.124. The SMILES string of the molecule is Cc1[nH]c2ccccc2c1CCNCc1ccc(/C=C/C(=O)NO)cc1.Nc1ncn([C@H]2C[C@H](O)[C@@H](CO)O2)c(=O)n1. The van der Waals surface area contributed by atoms with Crippen molar-refractivity contribution in [3.05, 3.63) is 93.8 Å². The fraction of sp³-hybridized carbons (Fsp3) is 0.310. The molecule has 1 aliphatic heterocycles. The van der Waals surface area contributed by atoms with Crippen molar-refractivity contribution in [1.29, 1.82) is 0 Å². The fourth-order valence-corrected chi connectivity index (χ4v) is 4.66. The van der Waals surface area contributed by atoms with Gasteiger partial charge in [0.05, 0.1) is 12.7 Å².